The molecule has 0 unspecified atom stereocenters. The molecule has 30 heavy (non-hydrogen) atoms. The van der Waals surface area contributed by atoms with Gasteiger partial charge >= 0.3 is 18.0 Å². The molecule has 1 heterocycles. The van der Waals surface area contributed by atoms with Gasteiger partial charge in [-0.2, -0.15) is 5.01 Å². The topological polar surface area (TPSA) is 174 Å². The maximum absolute atomic E-state index is 10.6. The highest BCUT2D eigenvalue weighted by molar-refractivity contribution is 5.94. The Morgan fingerprint density at radius 3 is 1.87 bits per heavy atom. The van der Waals surface area contributed by atoms with Gasteiger partial charge in [-0.3, -0.25) is 15.1 Å². The minimum atomic E-state index is -1.15. The number of benzene rings is 2. The van der Waals surface area contributed by atoms with E-state index >= 15 is 0 Å². The molecule has 0 atom stereocenters. The van der Waals surface area contributed by atoms with Crippen LogP contribution < -0.4 is 10.5 Å². The molecule has 0 fully saturated rings. The van der Waals surface area contributed by atoms with E-state index in [0.29, 0.717) is 11.3 Å². The van der Waals surface area contributed by atoms with Crippen molar-refractivity contribution in [2.75, 3.05) is 5.01 Å². The van der Waals surface area contributed by atoms with E-state index in [9.17, 15) is 24.5 Å². The summed E-state index contributed by atoms with van der Waals surface area (Å²) < 4.78 is 0. The molecular formula is C18H16N4O8. The fraction of sp³-hybridized carbons (Fsp3) is 0.0556. The zero-order valence-corrected chi connectivity index (χ0v) is 15.4. The molecule has 2 aromatic carbocycles. The third-order valence-corrected chi connectivity index (χ3v) is 3.70. The molecule has 1 aliphatic rings. The first-order valence-electron chi connectivity index (χ1n) is 8.17. The lowest BCUT2D eigenvalue weighted by atomic mass is 10.1. The second-order valence-electron chi connectivity index (χ2n) is 5.89. The summed E-state index contributed by atoms with van der Waals surface area (Å²) >= 11 is 0. The minimum absolute atomic E-state index is 0.00241. The highest BCUT2D eigenvalue weighted by Gasteiger charge is 2.18. The Kier molecular flexibility index (Phi) is 6.67. The van der Waals surface area contributed by atoms with Crippen molar-refractivity contribution in [1.29, 1.82) is 0 Å². The van der Waals surface area contributed by atoms with E-state index in [1.165, 1.54) is 53.8 Å². The smallest absolute Gasteiger partial charge is 0.427 e. The molecule has 1 aliphatic heterocycles. The number of carbonyl (C=O) groups is 3. The van der Waals surface area contributed by atoms with Gasteiger partial charge in [-0.15, -0.1) is 5.53 Å². The number of aryl methyl sites for hydroxylation is 1. The van der Waals surface area contributed by atoms with Crippen LogP contribution in [0, 0.1) is 17.0 Å². The van der Waals surface area contributed by atoms with Gasteiger partial charge < -0.3 is 15.3 Å². The highest BCUT2D eigenvalue weighted by atomic mass is 16.6. The van der Waals surface area contributed by atoms with E-state index in [4.69, 9.17) is 15.3 Å². The molecule has 0 saturated heterocycles. The van der Waals surface area contributed by atoms with Crippen LogP contribution in [0.5, 0.6) is 0 Å². The van der Waals surface area contributed by atoms with Crippen LogP contribution in [0.15, 0.2) is 54.9 Å². The van der Waals surface area contributed by atoms with E-state index in [0.717, 1.165) is 11.1 Å². The molecule has 1 amide bonds. The summed E-state index contributed by atoms with van der Waals surface area (Å²) in [6.45, 7) is 1.65. The van der Waals surface area contributed by atoms with Crippen molar-refractivity contribution < 1.29 is 34.6 Å². The third kappa shape index (κ3) is 5.53. The van der Waals surface area contributed by atoms with Crippen LogP contribution in [-0.4, -0.2) is 43.3 Å². The molecule has 0 aliphatic carbocycles. The van der Waals surface area contributed by atoms with Crippen molar-refractivity contribution in [3.63, 3.8) is 0 Å². The Morgan fingerprint density at radius 1 is 0.933 bits per heavy atom. The van der Waals surface area contributed by atoms with Crippen LogP contribution in [-0.2, 0) is 0 Å². The first kappa shape index (κ1) is 21.8. The normalized spacial score (nSPS) is 12.2. The van der Waals surface area contributed by atoms with Crippen LogP contribution in [0.2, 0.25) is 0 Å². The first-order valence-corrected chi connectivity index (χ1v) is 8.17. The van der Waals surface area contributed by atoms with E-state index in [-0.39, 0.29) is 16.8 Å². The van der Waals surface area contributed by atoms with Gasteiger partial charge in [-0.1, -0.05) is 0 Å². The number of anilines is 1. The largest absolute Gasteiger partial charge is 0.478 e. The van der Waals surface area contributed by atoms with Crippen molar-refractivity contribution in [2.45, 2.75) is 6.92 Å². The number of carboxylic acid groups (broad SMARTS) is 3. The molecule has 12 heteroatoms. The van der Waals surface area contributed by atoms with Gasteiger partial charge in [0, 0.05) is 24.5 Å². The number of hydrogen-bond acceptors (Lipinski definition) is 7. The molecule has 0 bridgehead atoms. The van der Waals surface area contributed by atoms with Gasteiger partial charge in [0.05, 0.1) is 21.7 Å². The van der Waals surface area contributed by atoms with Gasteiger partial charge in [-0.25, -0.2) is 14.4 Å². The maximum Gasteiger partial charge on any atom is 0.427 e. The van der Waals surface area contributed by atoms with Gasteiger partial charge in [0.15, 0.2) is 0 Å². The Hall–Kier alpha value is -4.45. The Balaban J connectivity index is 0.000000222. The lowest BCUT2D eigenvalue weighted by Gasteiger charge is -2.18. The average molecular weight is 416 g/mol. The number of nitrogens with zero attached hydrogens (tertiary/aromatic N) is 3. The number of nitrogens with one attached hydrogen (secondary N) is 1. The summed E-state index contributed by atoms with van der Waals surface area (Å²) in [6.07, 6.45) is 1.67. The van der Waals surface area contributed by atoms with Gasteiger partial charge in [0.2, 0.25) is 0 Å². The van der Waals surface area contributed by atoms with E-state index < -0.39 is 23.0 Å². The standard InChI is InChI=1S/C9H8N4O4.C9H8O4/c14-9(15)12-6-5-11(10-12)7-1-3-8(4-2-7)13(16)17;1-5-2-6(8(10)11)4-7(3-5)9(12)13/h1-6,10H,(H,14,15);2-4H,1H3,(H,10,11)(H,12,13). The Morgan fingerprint density at radius 2 is 1.47 bits per heavy atom. The average Bonchev–Trinajstić information content (AvgIpc) is 3.18. The fourth-order valence-electron chi connectivity index (χ4n) is 2.33. The molecule has 156 valence electrons. The Bertz CT molecular complexity index is 987. The molecule has 4 N–H and O–H groups in total. The summed E-state index contributed by atoms with van der Waals surface area (Å²) in [4.78, 5) is 41.6. The number of non-ortho nitro benzene ring substituents is 1. The number of nitro benzene ring substituents is 1. The Labute approximate surface area is 169 Å². The lowest BCUT2D eigenvalue weighted by molar-refractivity contribution is -0.384. The van der Waals surface area contributed by atoms with Crippen molar-refractivity contribution in [3.8, 4) is 0 Å². The van der Waals surface area contributed by atoms with Crippen molar-refractivity contribution >= 4 is 29.4 Å². The first-order chi connectivity index (χ1) is 14.1. The quantitative estimate of drug-likeness (QED) is 0.428. The van der Waals surface area contributed by atoms with Gasteiger partial charge in [-0.05, 0) is 42.8 Å². The summed E-state index contributed by atoms with van der Waals surface area (Å²) in [5.74, 6) is -2.24. The number of rotatable bonds is 4. The van der Waals surface area contributed by atoms with Crippen LogP contribution >= 0.6 is 0 Å². The monoisotopic (exact) mass is 416 g/mol. The molecule has 0 spiro atoms. The van der Waals surface area contributed by atoms with E-state index in [1.54, 1.807) is 6.92 Å². The van der Waals surface area contributed by atoms with E-state index in [2.05, 4.69) is 5.53 Å². The molecular weight excluding hydrogens is 400 g/mol. The van der Waals surface area contributed by atoms with Crippen LogP contribution in [0.3, 0.4) is 0 Å². The van der Waals surface area contributed by atoms with Crippen LogP contribution in [0.1, 0.15) is 26.3 Å². The molecule has 0 radical (unpaired) electrons. The molecule has 3 rings (SSSR count). The second kappa shape index (κ2) is 9.16. The number of hydrazine groups is 2. The minimum Gasteiger partial charge on any atom is -0.478 e. The maximum atomic E-state index is 10.6. The number of hydrogen-bond donors (Lipinski definition) is 4. The second-order valence-corrected chi connectivity index (χ2v) is 5.89. The summed E-state index contributed by atoms with van der Waals surface area (Å²) in [7, 11) is 0. The molecule has 12 nitrogen and oxygen atoms in total. The number of aromatic carboxylic acids is 2. The van der Waals surface area contributed by atoms with Gasteiger partial charge in [0.25, 0.3) is 5.69 Å². The molecule has 0 aromatic heterocycles. The van der Waals surface area contributed by atoms with Crippen LogP contribution in [0.4, 0.5) is 16.2 Å². The zero-order valence-electron chi connectivity index (χ0n) is 15.4. The predicted octanol–water partition coefficient (Wildman–Crippen LogP) is 2.68. The number of carboxylic acids is 2. The van der Waals surface area contributed by atoms with Crippen molar-refractivity contribution in [1.82, 2.24) is 10.5 Å². The summed E-state index contributed by atoms with van der Waals surface area (Å²) in [5.41, 5.74) is 3.73. The van der Waals surface area contributed by atoms with Crippen molar-refractivity contribution in [3.05, 3.63) is 81.7 Å². The highest BCUT2D eigenvalue weighted by Crippen LogP contribution is 2.20. The molecule has 0 saturated carbocycles. The molecule has 2 aromatic rings. The number of nitro groups is 1. The number of amides is 1. The zero-order chi connectivity index (χ0) is 22.4. The van der Waals surface area contributed by atoms with Gasteiger partial charge in [0.1, 0.15) is 0 Å². The summed E-state index contributed by atoms with van der Waals surface area (Å²) in [6, 6.07) is 9.70. The predicted molar refractivity (Wildman–Crippen MR) is 103 cm³/mol. The fourth-order valence-corrected chi connectivity index (χ4v) is 2.33. The van der Waals surface area contributed by atoms with E-state index in [1.807, 2.05) is 0 Å². The summed E-state index contributed by atoms with van der Waals surface area (Å²) in [5, 5.41) is 38.7. The van der Waals surface area contributed by atoms with Crippen molar-refractivity contribution in [2.24, 2.45) is 0 Å². The van der Waals surface area contributed by atoms with Crippen LogP contribution in [0.25, 0.3) is 0 Å². The SMILES string of the molecule is Cc1cc(C(=O)O)cc(C(=O)O)c1.O=C(O)N1C=CN(c2ccc([N+](=O)[O-])cc2)N1. The lowest BCUT2D eigenvalue weighted by Crippen LogP contribution is -2.41. The third-order valence-electron chi connectivity index (χ3n) is 3.70.